The van der Waals surface area contributed by atoms with E-state index in [1.165, 1.54) is 0 Å². The summed E-state index contributed by atoms with van der Waals surface area (Å²) in [5.74, 6) is -1.26. The zero-order chi connectivity index (χ0) is 14.2. The van der Waals surface area contributed by atoms with Gasteiger partial charge in [-0.1, -0.05) is 18.5 Å². The second-order valence-corrected chi connectivity index (χ2v) is 6.52. The average Bonchev–Trinajstić information content (AvgIpc) is 3.11. The minimum Gasteiger partial charge on any atom is -0.294 e. The Morgan fingerprint density at radius 3 is 2.63 bits per heavy atom. The van der Waals surface area contributed by atoms with E-state index in [0.29, 0.717) is 0 Å². The molecule has 0 atom stereocenters. The molecule has 7 heteroatoms. The summed E-state index contributed by atoms with van der Waals surface area (Å²) >= 11 is 5.77. The summed E-state index contributed by atoms with van der Waals surface area (Å²) in [6.07, 6.45) is 1.64. The van der Waals surface area contributed by atoms with Crippen LogP contribution in [0.2, 0.25) is 5.02 Å². The summed E-state index contributed by atoms with van der Waals surface area (Å²) < 4.78 is 40.2. The van der Waals surface area contributed by atoms with Gasteiger partial charge < -0.3 is 0 Å². The second kappa shape index (κ2) is 5.19. The Morgan fingerprint density at radius 2 is 2.11 bits per heavy atom. The van der Waals surface area contributed by atoms with Gasteiger partial charge in [-0.25, -0.2) is 17.5 Å². The topological polar surface area (TPSA) is 63.2 Å². The van der Waals surface area contributed by atoms with Gasteiger partial charge in [-0.05, 0) is 25.0 Å². The molecule has 1 N–H and O–H groups in total. The minimum atomic E-state index is -3.81. The van der Waals surface area contributed by atoms with Crippen LogP contribution in [-0.4, -0.2) is 20.2 Å². The molecule has 4 nitrogen and oxygen atoms in total. The van der Waals surface area contributed by atoms with Gasteiger partial charge in [0.15, 0.2) is 5.78 Å². The molecule has 0 spiro atoms. The van der Waals surface area contributed by atoms with Crippen LogP contribution in [0.1, 0.15) is 36.5 Å². The van der Waals surface area contributed by atoms with Crippen LogP contribution in [0.5, 0.6) is 0 Å². The van der Waals surface area contributed by atoms with E-state index >= 15 is 0 Å². The first-order chi connectivity index (χ1) is 8.85. The molecule has 0 heterocycles. The lowest BCUT2D eigenvalue weighted by atomic mass is 10.1. The highest BCUT2D eigenvalue weighted by Crippen LogP contribution is 2.28. The van der Waals surface area contributed by atoms with Crippen molar-refractivity contribution in [3.8, 4) is 0 Å². The van der Waals surface area contributed by atoms with E-state index in [-0.39, 0.29) is 27.9 Å². The Hall–Kier alpha value is -0.980. The maximum absolute atomic E-state index is 13.6. The Morgan fingerprint density at radius 1 is 1.47 bits per heavy atom. The molecule has 0 aromatic heterocycles. The second-order valence-electron chi connectivity index (χ2n) is 4.43. The molecular formula is C12H13ClFNO3S. The number of Topliss-reactive ketones (excluding diaryl/α,β-unsaturated/α-hetero) is 1. The number of carbonyl (C=O) groups is 1. The van der Waals surface area contributed by atoms with E-state index in [4.69, 9.17) is 11.6 Å². The Bertz CT molecular complexity index is 626. The number of benzene rings is 1. The number of halogens is 2. The molecular weight excluding hydrogens is 293 g/mol. The molecule has 0 amide bonds. The van der Waals surface area contributed by atoms with E-state index in [0.717, 1.165) is 25.0 Å². The van der Waals surface area contributed by atoms with Crippen molar-refractivity contribution in [1.82, 2.24) is 4.72 Å². The number of hydrogen-bond donors (Lipinski definition) is 1. The Balaban J connectivity index is 2.47. The summed E-state index contributed by atoms with van der Waals surface area (Å²) in [5.41, 5.74) is -0.247. The SMILES string of the molecule is CCC(=O)c1cc(S(=O)(=O)NC2CC2)c(Cl)cc1F. The largest absolute Gasteiger partial charge is 0.294 e. The van der Waals surface area contributed by atoms with Crippen LogP contribution >= 0.6 is 11.6 Å². The lowest BCUT2D eigenvalue weighted by molar-refractivity contribution is 0.0984. The van der Waals surface area contributed by atoms with Gasteiger partial charge >= 0.3 is 0 Å². The van der Waals surface area contributed by atoms with Crippen LogP contribution in [0.4, 0.5) is 4.39 Å². The Kier molecular flexibility index (Phi) is 3.94. The number of nitrogens with one attached hydrogen (secondary N) is 1. The number of sulfonamides is 1. The predicted octanol–water partition coefficient (Wildman–Crippen LogP) is 2.51. The van der Waals surface area contributed by atoms with Crippen molar-refractivity contribution in [1.29, 1.82) is 0 Å². The van der Waals surface area contributed by atoms with Gasteiger partial charge in [-0.3, -0.25) is 4.79 Å². The first-order valence-electron chi connectivity index (χ1n) is 5.89. The van der Waals surface area contributed by atoms with E-state index in [1.807, 2.05) is 0 Å². The van der Waals surface area contributed by atoms with Crippen molar-refractivity contribution in [2.45, 2.75) is 37.1 Å². The fourth-order valence-corrected chi connectivity index (χ4v) is 3.47. The standard InChI is InChI=1S/C12H13ClFNO3S/c1-2-11(16)8-5-12(9(13)6-10(8)14)19(17,18)15-7-3-4-7/h5-7,15H,2-4H2,1H3. The molecule has 0 bridgehead atoms. The van der Waals surface area contributed by atoms with Crippen molar-refractivity contribution in [2.24, 2.45) is 0 Å². The third-order valence-electron chi connectivity index (χ3n) is 2.83. The molecule has 1 aromatic carbocycles. The van der Waals surface area contributed by atoms with Crippen LogP contribution in [0.25, 0.3) is 0 Å². The molecule has 1 aliphatic carbocycles. The molecule has 1 saturated carbocycles. The highest BCUT2D eigenvalue weighted by atomic mass is 35.5. The van der Waals surface area contributed by atoms with Gasteiger partial charge in [0, 0.05) is 12.5 Å². The summed E-state index contributed by atoms with van der Waals surface area (Å²) in [4.78, 5) is 11.3. The van der Waals surface area contributed by atoms with Crippen LogP contribution in [-0.2, 0) is 10.0 Å². The Labute approximate surface area is 116 Å². The normalized spacial score (nSPS) is 15.5. The van der Waals surface area contributed by atoms with E-state index in [1.54, 1.807) is 6.92 Å². The van der Waals surface area contributed by atoms with Crippen molar-refractivity contribution in [2.75, 3.05) is 0 Å². The first-order valence-corrected chi connectivity index (χ1v) is 7.76. The first kappa shape index (κ1) is 14.4. The summed E-state index contributed by atoms with van der Waals surface area (Å²) in [6, 6.07) is 1.79. The monoisotopic (exact) mass is 305 g/mol. The molecule has 0 aliphatic heterocycles. The van der Waals surface area contributed by atoms with Gasteiger partial charge in [0.05, 0.1) is 10.6 Å². The number of carbonyl (C=O) groups excluding carboxylic acids is 1. The van der Waals surface area contributed by atoms with Gasteiger partial charge in [-0.2, -0.15) is 0 Å². The quantitative estimate of drug-likeness (QED) is 0.850. The smallest absolute Gasteiger partial charge is 0.242 e. The lowest BCUT2D eigenvalue weighted by Gasteiger charge is -2.10. The minimum absolute atomic E-state index is 0.0866. The van der Waals surface area contributed by atoms with Crippen LogP contribution in [0.3, 0.4) is 0 Å². The molecule has 104 valence electrons. The van der Waals surface area contributed by atoms with Crippen LogP contribution in [0, 0.1) is 5.82 Å². The van der Waals surface area contributed by atoms with E-state index in [2.05, 4.69) is 4.72 Å². The molecule has 1 fully saturated rings. The van der Waals surface area contributed by atoms with Gasteiger partial charge in [0.25, 0.3) is 0 Å². The molecule has 0 radical (unpaired) electrons. The zero-order valence-electron chi connectivity index (χ0n) is 10.2. The van der Waals surface area contributed by atoms with Crippen LogP contribution < -0.4 is 4.72 Å². The number of hydrogen-bond acceptors (Lipinski definition) is 3. The zero-order valence-corrected chi connectivity index (χ0v) is 11.8. The van der Waals surface area contributed by atoms with E-state index in [9.17, 15) is 17.6 Å². The molecule has 0 saturated heterocycles. The van der Waals surface area contributed by atoms with Crippen LogP contribution in [0.15, 0.2) is 17.0 Å². The molecule has 19 heavy (non-hydrogen) atoms. The molecule has 0 unspecified atom stereocenters. The fourth-order valence-electron chi connectivity index (χ4n) is 1.62. The fraction of sp³-hybridized carbons (Fsp3) is 0.417. The molecule has 2 rings (SSSR count). The predicted molar refractivity (Wildman–Crippen MR) is 69.4 cm³/mol. The lowest BCUT2D eigenvalue weighted by Crippen LogP contribution is -2.26. The van der Waals surface area contributed by atoms with Gasteiger partial charge in [0.2, 0.25) is 10.0 Å². The van der Waals surface area contributed by atoms with Gasteiger partial charge in [0.1, 0.15) is 10.7 Å². The van der Waals surface area contributed by atoms with E-state index < -0.39 is 21.6 Å². The van der Waals surface area contributed by atoms with Crippen molar-refractivity contribution in [3.05, 3.63) is 28.5 Å². The highest BCUT2D eigenvalue weighted by Gasteiger charge is 2.30. The maximum Gasteiger partial charge on any atom is 0.242 e. The summed E-state index contributed by atoms with van der Waals surface area (Å²) in [6.45, 7) is 1.58. The molecule has 1 aromatic rings. The number of ketones is 1. The maximum atomic E-state index is 13.6. The van der Waals surface area contributed by atoms with Crippen molar-refractivity contribution >= 4 is 27.4 Å². The highest BCUT2D eigenvalue weighted by molar-refractivity contribution is 7.89. The van der Waals surface area contributed by atoms with Gasteiger partial charge in [-0.15, -0.1) is 0 Å². The number of rotatable bonds is 5. The average molecular weight is 306 g/mol. The summed E-state index contributed by atoms with van der Waals surface area (Å²) in [7, 11) is -3.81. The van der Waals surface area contributed by atoms with Crippen molar-refractivity contribution < 1.29 is 17.6 Å². The molecule has 1 aliphatic rings. The third-order valence-corrected chi connectivity index (χ3v) is 4.82. The summed E-state index contributed by atoms with van der Waals surface area (Å²) in [5, 5.41) is -0.224. The van der Waals surface area contributed by atoms with Crippen molar-refractivity contribution in [3.63, 3.8) is 0 Å². The third kappa shape index (κ3) is 3.13.